The number of carboxylic acid groups (broad SMARTS) is 1. The number of aliphatic carboxylic acids is 1. The predicted octanol–water partition coefficient (Wildman–Crippen LogP) is 2.58. The standard InChI is InChI=1S/C25H25ClFN3O5/c1-14(31)19-11-29(21-8-5-15(25(34)35)9-18(19)21)13-23(33)30(17-6-7-17)12-22(32)28-10-16-3-2-4-20(26)24(16)27/h2-5,9,11,17,21H,6-8,10,12-13H2,1H3,(H,28,32)(H,34,35). The smallest absolute Gasteiger partial charge is 0.335 e. The zero-order valence-corrected chi connectivity index (χ0v) is 19.8. The predicted molar refractivity (Wildman–Crippen MR) is 126 cm³/mol. The normalized spacial score (nSPS) is 18.8. The average Bonchev–Trinajstić information content (AvgIpc) is 3.59. The molecular formula is C25H25ClFN3O5. The summed E-state index contributed by atoms with van der Waals surface area (Å²) in [5.74, 6) is -2.57. The van der Waals surface area contributed by atoms with Gasteiger partial charge in [0, 0.05) is 29.9 Å². The number of benzene rings is 1. The minimum atomic E-state index is -1.07. The fourth-order valence-electron chi connectivity index (χ4n) is 4.33. The van der Waals surface area contributed by atoms with Crippen LogP contribution in [0, 0.1) is 5.82 Å². The second kappa shape index (κ2) is 10.0. The van der Waals surface area contributed by atoms with Gasteiger partial charge in [-0.2, -0.15) is 0 Å². The lowest BCUT2D eigenvalue weighted by Crippen LogP contribution is -2.46. The Morgan fingerprint density at radius 2 is 2.00 bits per heavy atom. The molecule has 1 unspecified atom stereocenters. The first-order valence-electron chi connectivity index (χ1n) is 11.3. The van der Waals surface area contributed by atoms with E-state index in [2.05, 4.69) is 5.32 Å². The van der Waals surface area contributed by atoms with Crippen LogP contribution in [0.25, 0.3) is 0 Å². The number of carboxylic acids is 1. The van der Waals surface area contributed by atoms with Gasteiger partial charge < -0.3 is 20.2 Å². The zero-order valence-electron chi connectivity index (χ0n) is 19.1. The van der Waals surface area contributed by atoms with Crippen LogP contribution < -0.4 is 5.32 Å². The van der Waals surface area contributed by atoms with E-state index in [1.807, 2.05) is 0 Å². The van der Waals surface area contributed by atoms with Crippen molar-refractivity contribution in [2.24, 2.45) is 0 Å². The fourth-order valence-corrected chi connectivity index (χ4v) is 4.53. The van der Waals surface area contributed by atoms with E-state index in [1.165, 1.54) is 30.0 Å². The Hall–Kier alpha value is -3.46. The van der Waals surface area contributed by atoms with Crippen LogP contribution in [0.15, 0.2) is 53.3 Å². The highest BCUT2D eigenvalue weighted by Gasteiger charge is 2.38. The monoisotopic (exact) mass is 501 g/mol. The Labute approximate surface area is 206 Å². The van der Waals surface area contributed by atoms with Gasteiger partial charge in [-0.05, 0) is 43.9 Å². The first-order chi connectivity index (χ1) is 16.7. The van der Waals surface area contributed by atoms with Gasteiger partial charge in [0.1, 0.15) is 5.82 Å². The van der Waals surface area contributed by atoms with Crippen molar-refractivity contribution in [1.29, 1.82) is 0 Å². The summed E-state index contributed by atoms with van der Waals surface area (Å²) in [6, 6.07) is 4.17. The third-order valence-corrected chi connectivity index (χ3v) is 6.60. The molecule has 1 fully saturated rings. The molecule has 2 N–H and O–H groups in total. The van der Waals surface area contributed by atoms with Gasteiger partial charge in [0.15, 0.2) is 5.78 Å². The molecule has 0 spiro atoms. The summed E-state index contributed by atoms with van der Waals surface area (Å²) in [6.45, 7) is 1.13. The van der Waals surface area contributed by atoms with Gasteiger partial charge in [0.2, 0.25) is 11.8 Å². The molecule has 1 atom stereocenters. The average molecular weight is 502 g/mol. The molecule has 0 radical (unpaired) electrons. The Morgan fingerprint density at radius 3 is 2.66 bits per heavy atom. The van der Waals surface area contributed by atoms with Crippen molar-refractivity contribution in [3.05, 3.63) is 69.7 Å². The Kier molecular flexibility index (Phi) is 7.07. The highest BCUT2D eigenvalue weighted by molar-refractivity contribution is 6.30. The van der Waals surface area contributed by atoms with Gasteiger partial charge in [-0.3, -0.25) is 14.4 Å². The summed E-state index contributed by atoms with van der Waals surface area (Å²) in [7, 11) is 0. The quantitative estimate of drug-likeness (QED) is 0.538. The number of nitrogens with one attached hydrogen (secondary N) is 1. The SMILES string of the molecule is CC(=O)C1=CN(CC(=O)N(CC(=O)NCc2cccc(Cl)c2F)C2CC2)C2CC=C(C(=O)O)C=C12. The van der Waals surface area contributed by atoms with Crippen LogP contribution in [-0.2, 0) is 25.7 Å². The van der Waals surface area contributed by atoms with E-state index in [4.69, 9.17) is 11.6 Å². The molecule has 2 aliphatic carbocycles. The minimum Gasteiger partial charge on any atom is -0.478 e. The maximum absolute atomic E-state index is 14.1. The van der Waals surface area contributed by atoms with Crippen LogP contribution in [0.3, 0.4) is 0 Å². The van der Waals surface area contributed by atoms with E-state index >= 15 is 0 Å². The molecule has 0 saturated heterocycles. The highest BCUT2D eigenvalue weighted by atomic mass is 35.5. The number of carbonyl (C=O) groups is 4. The van der Waals surface area contributed by atoms with E-state index in [0.717, 1.165) is 12.8 Å². The van der Waals surface area contributed by atoms with E-state index in [1.54, 1.807) is 23.2 Å². The summed E-state index contributed by atoms with van der Waals surface area (Å²) < 4.78 is 14.1. The molecule has 10 heteroatoms. The molecule has 1 aromatic carbocycles. The molecule has 0 aromatic heterocycles. The highest BCUT2D eigenvalue weighted by Crippen LogP contribution is 2.35. The van der Waals surface area contributed by atoms with Crippen molar-refractivity contribution in [2.45, 2.75) is 44.8 Å². The number of hydrogen-bond acceptors (Lipinski definition) is 5. The summed E-state index contributed by atoms with van der Waals surface area (Å²) in [4.78, 5) is 52.5. The maximum atomic E-state index is 14.1. The van der Waals surface area contributed by atoms with Crippen molar-refractivity contribution in [3.8, 4) is 0 Å². The van der Waals surface area contributed by atoms with Crippen LogP contribution >= 0.6 is 11.6 Å². The lowest BCUT2D eigenvalue weighted by atomic mass is 9.90. The molecule has 1 saturated carbocycles. The number of halogens is 2. The number of ketones is 1. The Morgan fingerprint density at radius 1 is 1.26 bits per heavy atom. The number of carbonyl (C=O) groups excluding carboxylic acids is 3. The van der Waals surface area contributed by atoms with Crippen molar-refractivity contribution in [1.82, 2.24) is 15.1 Å². The molecular weight excluding hydrogens is 477 g/mol. The summed E-state index contributed by atoms with van der Waals surface area (Å²) >= 11 is 5.78. The largest absolute Gasteiger partial charge is 0.478 e. The van der Waals surface area contributed by atoms with Gasteiger partial charge in [0.25, 0.3) is 0 Å². The number of hydrogen-bond donors (Lipinski definition) is 2. The summed E-state index contributed by atoms with van der Waals surface area (Å²) in [5, 5.41) is 11.9. The van der Waals surface area contributed by atoms with Crippen LogP contribution in [0.2, 0.25) is 5.02 Å². The van der Waals surface area contributed by atoms with E-state index in [0.29, 0.717) is 17.6 Å². The molecule has 2 amide bonds. The van der Waals surface area contributed by atoms with Crippen molar-refractivity contribution >= 4 is 35.2 Å². The van der Waals surface area contributed by atoms with Crippen molar-refractivity contribution in [3.63, 3.8) is 0 Å². The van der Waals surface area contributed by atoms with Gasteiger partial charge in [-0.25, -0.2) is 9.18 Å². The Bertz CT molecular complexity index is 1190. The molecule has 3 aliphatic rings. The molecule has 8 nitrogen and oxygen atoms in total. The first kappa shape index (κ1) is 24.7. The second-order valence-corrected chi connectivity index (χ2v) is 9.24. The molecule has 35 heavy (non-hydrogen) atoms. The Balaban J connectivity index is 1.41. The molecule has 0 bridgehead atoms. The van der Waals surface area contributed by atoms with Gasteiger partial charge in [0.05, 0.1) is 29.7 Å². The number of rotatable bonds is 9. The lowest BCUT2D eigenvalue weighted by Gasteiger charge is -2.30. The topological polar surface area (TPSA) is 107 Å². The van der Waals surface area contributed by atoms with Crippen molar-refractivity contribution in [2.75, 3.05) is 13.1 Å². The van der Waals surface area contributed by atoms with Crippen molar-refractivity contribution < 1.29 is 28.7 Å². The number of nitrogens with zero attached hydrogens (tertiary/aromatic N) is 2. The maximum Gasteiger partial charge on any atom is 0.335 e. The molecule has 1 heterocycles. The first-order valence-corrected chi connectivity index (χ1v) is 11.7. The summed E-state index contributed by atoms with van der Waals surface area (Å²) in [6.07, 6.45) is 6.58. The van der Waals surface area contributed by atoms with E-state index < -0.39 is 17.7 Å². The van der Waals surface area contributed by atoms with Crippen LogP contribution in [0.4, 0.5) is 4.39 Å². The van der Waals surface area contributed by atoms with Gasteiger partial charge in [-0.1, -0.05) is 29.8 Å². The van der Waals surface area contributed by atoms with E-state index in [-0.39, 0.29) is 59.6 Å². The zero-order chi connectivity index (χ0) is 25.3. The van der Waals surface area contributed by atoms with Crippen LogP contribution in [0.5, 0.6) is 0 Å². The van der Waals surface area contributed by atoms with Crippen LogP contribution in [0.1, 0.15) is 31.7 Å². The molecule has 184 valence electrons. The fraction of sp³-hybridized carbons (Fsp3) is 0.360. The molecule has 1 aliphatic heterocycles. The second-order valence-electron chi connectivity index (χ2n) is 8.83. The number of Topliss-reactive ketones (excluding diaryl/α,β-unsaturated/α-hetero) is 1. The third-order valence-electron chi connectivity index (χ3n) is 6.31. The third kappa shape index (κ3) is 5.45. The minimum absolute atomic E-state index is 0.0309. The van der Waals surface area contributed by atoms with Gasteiger partial charge in [-0.15, -0.1) is 0 Å². The number of fused-ring (bicyclic) bond motifs is 1. The van der Waals surface area contributed by atoms with Crippen LogP contribution in [-0.4, -0.2) is 63.6 Å². The lowest BCUT2D eigenvalue weighted by molar-refractivity contribution is -0.137. The van der Waals surface area contributed by atoms with Gasteiger partial charge >= 0.3 is 5.97 Å². The van der Waals surface area contributed by atoms with E-state index in [9.17, 15) is 28.7 Å². The molecule has 4 rings (SSSR count). The summed E-state index contributed by atoms with van der Waals surface area (Å²) in [5.41, 5.74) is 1.34. The number of amides is 2. The molecule has 1 aromatic rings.